The van der Waals surface area contributed by atoms with E-state index in [1.54, 1.807) is 12.1 Å². The number of nitrogens with one attached hydrogen (secondary N) is 1. The predicted octanol–water partition coefficient (Wildman–Crippen LogP) is 0.845. The molecule has 0 spiro atoms. The summed E-state index contributed by atoms with van der Waals surface area (Å²) in [6, 6.07) is 8.98. The fourth-order valence-corrected chi connectivity index (χ4v) is 2.18. The van der Waals surface area contributed by atoms with Crippen molar-refractivity contribution in [3.63, 3.8) is 0 Å². The fourth-order valence-electron chi connectivity index (χ4n) is 2.18. The molecule has 1 aromatic rings. The second kappa shape index (κ2) is 4.87. The maximum Gasteiger partial charge on any atom is 0.244 e. The smallest absolute Gasteiger partial charge is 0.244 e. The number of piperidine rings is 1. The lowest BCUT2D eigenvalue weighted by atomic mass is 9.74. The van der Waals surface area contributed by atoms with Crippen LogP contribution in [0, 0.1) is 40.3 Å². The molecule has 5 nitrogen and oxygen atoms in total. The number of nitriles is 2. The normalized spacial score (nSPS) is 26.2. The lowest BCUT2D eigenvalue weighted by molar-refractivity contribution is -0.137. The summed E-state index contributed by atoms with van der Waals surface area (Å²) in [7, 11) is 0. The molecule has 1 aliphatic heterocycles. The molecule has 1 fully saturated rings. The van der Waals surface area contributed by atoms with Gasteiger partial charge in [0.2, 0.25) is 11.8 Å². The number of hydrogen-bond donors (Lipinski definition) is 1. The van der Waals surface area contributed by atoms with Gasteiger partial charge in [-0.3, -0.25) is 14.9 Å². The Morgan fingerprint density at radius 2 is 1.58 bits per heavy atom. The lowest BCUT2D eigenvalue weighted by Gasteiger charge is -2.29. The van der Waals surface area contributed by atoms with Gasteiger partial charge in [0.15, 0.2) is 0 Å². The van der Waals surface area contributed by atoms with E-state index in [2.05, 4.69) is 0 Å². The van der Waals surface area contributed by atoms with Crippen molar-refractivity contribution < 1.29 is 14.0 Å². The van der Waals surface area contributed by atoms with Crippen molar-refractivity contribution in [2.45, 2.75) is 5.92 Å². The van der Waals surface area contributed by atoms with Crippen molar-refractivity contribution in [2.75, 3.05) is 0 Å². The van der Waals surface area contributed by atoms with E-state index in [9.17, 15) is 14.0 Å². The van der Waals surface area contributed by atoms with Crippen molar-refractivity contribution in [1.82, 2.24) is 5.32 Å². The van der Waals surface area contributed by atoms with Crippen LogP contribution in [0.15, 0.2) is 24.3 Å². The average Bonchev–Trinajstić information content (AvgIpc) is 2.38. The summed E-state index contributed by atoms with van der Waals surface area (Å²) < 4.78 is 13.8. The van der Waals surface area contributed by atoms with Crippen molar-refractivity contribution >= 4 is 11.8 Å². The number of carbonyl (C=O) groups excluding carboxylic acids is 2. The minimum Gasteiger partial charge on any atom is -0.294 e. The van der Waals surface area contributed by atoms with E-state index in [0.717, 1.165) is 6.07 Å². The summed E-state index contributed by atoms with van der Waals surface area (Å²) in [5.41, 5.74) is 0.0313. The number of rotatable bonds is 1. The van der Waals surface area contributed by atoms with Crippen LogP contribution in [0.2, 0.25) is 0 Å². The van der Waals surface area contributed by atoms with Crippen LogP contribution >= 0.6 is 0 Å². The minimum absolute atomic E-state index is 0.0313. The predicted molar refractivity (Wildman–Crippen MR) is 60.5 cm³/mol. The molecule has 0 aromatic heterocycles. The summed E-state index contributed by atoms with van der Waals surface area (Å²) in [5, 5.41) is 20.0. The summed E-state index contributed by atoms with van der Waals surface area (Å²) >= 11 is 0. The number of amides is 2. The SMILES string of the molecule is N#CC1C(=O)NC(=O)C(C#N)C1c1ccccc1F. The van der Waals surface area contributed by atoms with Crippen molar-refractivity contribution in [3.05, 3.63) is 35.6 Å². The maximum absolute atomic E-state index is 13.8. The third-order valence-corrected chi connectivity index (χ3v) is 3.07. The Morgan fingerprint density at radius 1 is 1.05 bits per heavy atom. The van der Waals surface area contributed by atoms with E-state index in [0.29, 0.717) is 0 Å². The van der Waals surface area contributed by atoms with Gasteiger partial charge in [-0.25, -0.2) is 4.39 Å². The fraction of sp³-hybridized carbons (Fsp3) is 0.231. The van der Waals surface area contributed by atoms with Gasteiger partial charge in [-0.2, -0.15) is 10.5 Å². The molecule has 0 bridgehead atoms. The highest BCUT2D eigenvalue weighted by Gasteiger charge is 2.46. The third kappa shape index (κ3) is 2.04. The number of halogens is 1. The molecule has 1 saturated heterocycles. The highest BCUT2D eigenvalue weighted by atomic mass is 19.1. The third-order valence-electron chi connectivity index (χ3n) is 3.07. The van der Waals surface area contributed by atoms with Gasteiger partial charge in [-0.1, -0.05) is 18.2 Å². The Labute approximate surface area is 108 Å². The van der Waals surface area contributed by atoms with E-state index < -0.39 is 35.4 Å². The van der Waals surface area contributed by atoms with E-state index in [1.165, 1.54) is 18.2 Å². The highest BCUT2D eigenvalue weighted by Crippen LogP contribution is 2.36. The first kappa shape index (κ1) is 12.7. The maximum atomic E-state index is 13.8. The van der Waals surface area contributed by atoms with Crippen LogP contribution in [0.4, 0.5) is 4.39 Å². The zero-order valence-corrected chi connectivity index (χ0v) is 9.63. The molecule has 19 heavy (non-hydrogen) atoms. The molecule has 6 heteroatoms. The van der Waals surface area contributed by atoms with E-state index in [-0.39, 0.29) is 5.56 Å². The van der Waals surface area contributed by atoms with Crippen LogP contribution in [-0.2, 0) is 9.59 Å². The number of hydrogen-bond acceptors (Lipinski definition) is 4. The quantitative estimate of drug-likeness (QED) is 0.754. The van der Waals surface area contributed by atoms with Gasteiger partial charge < -0.3 is 0 Å². The van der Waals surface area contributed by atoms with Crippen LogP contribution in [-0.4, -0.2) is 11.8 Å². The Balaban J connectivity index is 2.57. The molecule has 1 N–H and O–H groups in total. The van der Waals surface area contributed by atoms with E-state index in [1.807, 2.05) is 5.32 Å². The average molecular weight is 257 g/mol. The number of carbonyl (C=O) groups is 2. The Morgan fingerprint density at radius 3 is 2.05 bits per heavy atom. The molecular formula is C13H8FN3O2. The minimum atomic E-state index is -1.26. The van der Waals surface area contributed by atoms with Gasteiger partial charge in [0, 0.05) is 5.92 Å². The van der Waals surface area contributed by atoms with Crippen molar-refractivity contribution in [2.24, 2.45) is 11.8 Å². The molecule has 2 amide bonds. The standard InChI is InChI=1S/C13H8FN3O2/c14-10-4-2-1-3-7(10)11-8(5-15)12(18)17-13(19)9(11)6-16/h1-4,8-9,11H,(H,17,18,19). The number of imide groups is 1. The van der Waals surface area contributed by atoms with Gasteiger partial charge in [0.25, 0.3) is 0 Å². The van der Waals surface area contributed by atoms with Gasteiger partial charge in [-0.05, 0) is 11.6 Å². The zero-order valence-electron chi connectivity index (χ0n) is 9.63. The Hall–Kier alpha value is -2.73. The second-order valence-corrected chi connectivity index (χ2v) is 4.11. The zero-order chi connectivity index (χ0) is 14.0. The van der Waals surface area contributed by atoms with Crippen molar-refractivity contribution in [3.8, 4) is 12.1 Å². The lowest BCUT2D eigenvalue weighted by Crippen LogP contribution is -2.50. The van der Waals surface area contributed by atoms with Crippen LogP contribution in [0.25, 0.3) is 0 Å². The molecule has 1 heterocycles. The molecule has 94 valence electrons. The largest absolute Gasteiger partial charge is 0.294 e. The highest BCUT2D eigenvalue weighted by molar-refractivity contribution is 6.03. The molecular weight excluding hydrogens is 249 g/mol. The monoisotopic (exact) mass is 257 g/mol. The van der Waals surface area contributed by atoms with Gasteiger partial charge in [0.1, 0.15) is 17.7 Å². The molecule has 1 aliphatic rings. The van der Waals surface area contributed by atoms with E-state index >= 15 is 0 Å². The Bertz CT molecular complexity index is 598. The van der Waals surface area contributed by atoms with Crippen LogP contribution < -0.4 is 5.32 Å². The molecule has 1 aromatic carbocycles. The first-order valence-corrected chi connectivity index (χ1v) is 5.48. The van der Waals surface area contributed by atoms with Crippen LogP contribution in [0.3, 0.4) is 0 Å². The van der Waals surface area contributed by atoms with E-state index in [4.69, 9.17) is 10.5 Å². The summed E-state index contributed by atoms with van der Waals surface area (Å²) in [6.45, 7) is 0. The molecule has 2 atom stereocenters. The molecule has 0 saturated carbocycles. The number of benzene rings is 1. The summed E-state index contributed by atoms with van der Waals surface area (Å²) in [5.74, 6) is -5.86. The molecule has 2 rings (SSSR count). The van der Waals surface area contributed by atoms with Crippen molar-refractivity contribution in [1.29, 1.82) is 10.5 Å². The Kier molecular flexibility index (Phi) is 3.26. The van der Waals surface area contributed by atoms with Gasteiger partial charge in [0.05, 0.1) is 12.1 Å². The molecule has 2 unspecified atom stereocenters. The summed E-state index contributed by atoms with van der Waals surface area (Å²) in [6.07, 6.45) is 0. The van der Waals surface area contributed by atoms with Gasteiger partial charge >= 0.3 is 0 Å². The molecule has 0 aliphatic carbocycles. The molecule has 0 radical (unpaired) electrons. The van der Waals surface area contributed by atoms with Crippen LogP contribution in [0.5, 0.6) is 0 Å². The topological polar surface area (TPSA) is 93.8 Å². The summed E-state index contributed by atoms with van der Waals surface area (Å²) in [4.78, 5) is 23.2. The first-order valence-electron chi connectivity index (χ1n) is 5.48. The van der Waals surface area contributed by atoms with Gasteiger partial charge in [-0.15, -0.1) is 0 Å². The second-order valence-electron chi connectivity index (χ2n) is 4.11. The first-order chi connectivity index (χ1) is 9.10. The van der Waals surface area contributed by atoms with Crippen LogP contribution in [0.1, 0.15) is 11.5 Å². The number of nitrogens with zero attached hydrogens (tertiary/aromatic N) is 2.